The number of aliphatic imine (C=N–C) groups is 4. The molecule has 3 rings (SSSR count). The molecule has 2 heterocycles. The molecule has 0 aromatic rings. The maximum absolute atomic E-state index is 12.8. The van der Waals surface area contributed by atoms with Gasteiger partial charge in [0.25, 0.3) is 0 Å². The SMILES string of the molecule is FC(F)(F)C1=CC2=NC=NC3=NC=NC(=C1)C3C2. The second-order valence-electron chi connectivity index (χ2n) is 4.02. The van der Waals surface area contributed by atoms with Crippen LogP contribution in [0.25, 0.3) is 0 Å². The van der Waals surface area contributed by atoms with Crippen LogP contribution in [-0.2, 0) is 0 Å². The molecule has 0 aromatic heterocycles. The van der Waals surface area contributed by atoms with E-state index in [-0.39, 0.29) is 5.92 Å². The minimum atomic E-state index is -4.41. The van der Waals surface area contributed by atoms with Gasteiger partial charge >= 0.3 is 6.18 Å². The molecule has 1 atom stereocenters. The summed E-state index contributed by atoms with van der Waals surface area (Å²) in [6, 6.07) is 0. The predicted octanol–water partition coefficient (Wildman–Crippen LogP) is 2.30. The molecule has 2 aliphatic heterocycles. The fourth-order valence-corrected chi connectivity index (χ4v) is 1.99. The maximum Gasteiger partial charge on any atom is 0.416 e. The zero-order chi connectivity index (χ0) is 12.8. The van der Waals surface area contributed by atoms with Crippen molar-refractivity contribution in [3.63, 3.8) is 0 Å². The molecule has 1 unspecified atom stereocenters. The summed E-state index contributed by atoms with van der Waals surface area (Å²) >= 11 is 0. The summed E-state index contributed by atoms with van der Waals surface area (Å²) < 4.78 is 38.5. The van der Waals surface area contributed by atoms with Crippen LogP contribution in [-0.4, -0.2) is 30.4 Å². The second-order valence-corrected chi connectivity index (χ2v) is 4.02. The molecule has 1 aliphatic carbocycles. The Morgan fingerprint density at radius 3 is 2.61 bits per heavy atom. The van der Waals surface area contributed by atoms with E-state index in [9.17, 15) is 13.2 Å². The van der Waals surface area contributed by atoms with Gasteiger partial charge in [-0.2, -0.15) is 13.2 Å². The highest BCUT2D eigenvalue weighted by atomic mass is 19.4. The van der Waals surface area contributed by atoms with Crippen molar-refractivity contribution in [1.29, 1.82) is 0 Å². The molecule has 3 aliphatic rings. The normalized spacial score (nSPS) is 25.6. The van der Waals surface area contributed by atoms with Crippen LogP contribution in [0.3, 0.4) is 0 Å². The highest BCUT2D eigenvalue weighted by Gasteiger charge is 2.37. The number of amidine groups is 1. The van der Waals surface area contributed by atoms with Crippen molar-refractivity contribution in [2.45, 2.75) is 12.6 Å². The average molecular weight is 252 g/mol. The highest BCUT2D eigenvalue weighted by molar-refractivity contribution is 6.10. The molecule has 92 valence electrons. The Kier molecular flexibility index (Phi) is 2.29. The van der Waals surface area contributed by atoms with Crippen molar-refractivity contribution in [3.05, 3.63) is 23.4 Å². The van der Waals surface area contributed by atoms with Crippen LogP contribution >= 0.6 is 0 Å². The first-order valence-corrected chi connectivity index (χ1v) is 5.24. The molecule has 0 amide bonds. The topological polar surface area (TPSA) is 49.4 Å². The van der Waals surface area contributed by atoms with E-state index < -0.39 is 11.7 Å². The van der Waals surface area contributed by atoms with E-state index in [0.29, 0.717) is 23.7 Å². The number of halogens is 3. The van der Waals surface area contributed by atoms with Gasteiger partial charge in [0.2, 0.25) is 0 Å². The lowest BCUT2D eigenvalue weighted by molar-refractivity contribution is -0.0881. The van der Waals surface area contributed by atoms with Crippen molar-refractivity contribution in [2.24, 2.45) is 25.9 Å². The number of nitrogens with zero attached hydrogens (tertiary/aromatic N) is 4. The van der Waals surface area contributed by atoms with Crippen LogP contribution in [0.1, 0.15) is 6.42 Å². The molecule has 7 heteroatoms. The molecule has 0 aromatic carbocycles. The largest absolute Gasteiger partial charge is 0.416 e. The summed E-state index contributed by atoms with van der Waals surface area (Å²) in [6.45, 7) is 0. The molecule has 0 saturated heterocycles. The molecule has 4 nitrogen and oxygen atoms in total. The van der Waals surface area contributed by atoms with E-state index in [2.05, 4.69) is 20.0 Å². The molecule has 18 heavy (non-hydrogen) atoms. The molecule has 0 N–H and O–H groups in total. The number of alkyl halides is 3. The molecule has 0 saturated carbocycles. The molecular formula is C11H7F3N4. The Hall–Kier alpha value is -2.05. The smallest absolute Gasteiger partial charge is 0.241 e. The maximum atomic E-state index is 12.8. The quantitative estimate of drug-likeness (QED) is 0.635. The van der Waals surface area contributed by atoms with Gasteiger partial charge in [0.1, 0.15) is 18.5 Å². The third-order valence-electron chi connectivity index (χ3n) is 2.85. The van der Waals surface area contributed by atoms with Crippen LogP contribution in [0.15, 0.2) is 43.4 Å². The molecule has 2 bridgehead atoms. The third-order valence-corrected chi connectivity index (χ3v) is 2.85. The Labute approximate surface area is 100 Å². The lowest BCUT2D eigenvalue weighted by Gasteiger charge is -2.16. The number of rotatable bonds is 0. The highest BCUT2D eigenvalue weighted by Crippen LogP contribution is 2.34. The molecule has 0 radical (unpaired) electrons. The van der Waals surface area contributed by atoms with E-state index in [1.165, 1.54) is 12.7 Å². The van der Waals surface area contributed by atoms with Gasteiger partial charge in [-0.1, -0.05) is 0 Å². The average Bonchev–Trinajstić information content (AvgIpc) is 2.59. The summed E-state index contributed by atoms with van der Waals surface area (Å²) in [5.74, 6) is 0.107. The lowest BCUT2D eigenvalue weighted by Crippen LogP contribution is -2.18. The van der Waals surface area contributed by atoms with E-state index in [1.807, 2.05) is 0 Å². The van der Waals surface area contributed by atoms with Crippen molar-refractivity contribution < 1.29 is 13.2 Å². The third kappa shape index (κ3) is 1.81. The van der Waals surface area contributed by atoms with Crippen LogP contribution < -0.4 is 0 Å². The van der Waals surface area contributed by atoms with Crippen LogP contribution in [0.4, 0.5) is 13.2 Å². The first-order chi connectivity index (χ1) is 8.54. The Bertz CT molecular complexity index is 576. The fourth-order valence-electron chi connectivity index (χ4n) is 1.99. The van der Waals surface area contributed by atoms with E-state index >= 15 is 0 Å². The van der Waals surface area contributed by atoms with Crippen molar-refractivity contribution in [3.8, 4) is 0 Å². The standard InChI is InChI=1S/C11H7F3N4/c12-11(13,14)6-1-7-3-8-9(2-6)16-5-18-10(8)17-4-15-7/h1-2,4-5,8H,3H2. The van der Waals surface area contributed by atoms with Crippen molar-refractivity contribution in [1.82, 2.24) is 0 Å². The number of hydrogen-bond acceptors (Lipinski definition) is 4. The predicted molar refractivity (Wildman–Crippen MR) is 62.2 cm³/mol. The molecule has 0 fully saturated rings. The summed E-state index contributed by atoms with van der Waals surface area (Å²) in [7, 11) is 0. The summed E-state index contributed by atoms with van der Waals surface area (Å²) in [6.07, 6.45) is 0.458. The first kappa shape index (κ1) is 11.1. The molecule has 0 spiro atoms. The van der Waals surface area contributed by atoms with Crippen molar-refractivity contribution in [2.75, 3.05) is 0 Å². The number of fused-ring (bicyclic) bond motifs is 1. The van der Waals surface area contributed by atoms with E-state index in [1.54, 1.807) is 0 Å². The summed E-state index contributed by atoms with van der Waals surface area (Å²) in [5.41, 5.74) is -0.0788. The second kappa shape index (κ2) is 3.72. The van der Waals surface area contributed by atoms with Crippen molar-refractivity contribution >= 4 is 24.2 Å². The lowest BCUT2D eigenvalue weighted by atomic mass is 9.98. The van der Waals surface area contributed by atoms with Gasteiger partial charge in [0, 0.05) is 12.1 Å². The fraction of sp³-hybridized carbons (Fsp3) is 0.273. The van der Waals surface area contributed by atoms with Crippen LogP contribution in [0.2, 0.25) is 0 Å². The minimum Gasteiger partial charge on any atom is -0.241 e. The van der Waals surface area contributed by atoms with E-state index in [0.717, 1.165) is 12.2 Å². The Morgan fingerprint density at radius 1 is 1.06 bits per heavy atom. The van der Waals surface area contributed by atoms with E-state index in [4.69, 9.17) is 0 Å². The van der Waals surface area contributed by atoms with Gasteiger partial charge in [0.15, 0.2) is 0 Å². The molecular weight excluding hydrogens is 245 g/mol. The Balaban J connectivity index is 2.17. The van der Waals surface area contributed by atoms with Gasteiger partial charge in [0.05, 0.1) is 17.2 Å². The van der Waals surface area contributed by atoms with Gasteiger partial charge < -0.3 is 0 Å². The van der Waals surface area contributed by atoms with Crippen LogP contribution in [0.5, 0.6) is 0 Å². The zero-order valence-corrected chi connectivity index (χ0v) is 9.02. The minimum absolute atomic E-state index is 0.327. The number of allylic oxidation sites excluding steroid dienone is 3. The Morgan fingerprint density at radius 2 is 1.83 bits per heavy atom. The summed E-state index contributed by atoms with van der Waals surface area (Å²) in [4.78, 5) is 15.8. The van der Waals surface area contributed by atoms with Gasteiger partial charge in [-0.25, -0.2) is 20.0 Å². The van der Waals surface area contributed by atoms with Gasteiger partial charge in [-0.05, 0) is 12.2 Å². The zero-order valence-electron chi connectivity index (χ0n) is 9.02. The van der Waals surface area contributed by atoms with Gasteiger partial charge in [-0.3, -0.25) is 0 Å². The van der Waals surface area contributed by atoms with Crippen LogP contribution in [0, 0.1) is 5.92 Å². The number of hydrogen-bond donors (Lipinski definition) is 0. The van der Waals surface area contributed by atoms with Gasteiger partial charge in [-0.15, -0.1) is 0 Å². The monoisotopic (exact) mass is 252 g/mol. The first-order valence-electron chi connectivity index (χ1n) is 5.24. The summed E-state index contributed by atoms with van der Waals surface area (Å²) in [5, 5.41) is 0.